The predicted molar refractivity (Wildman–Crippen MR) is 117 cm³/mol. The number of aryl methyl sites for hydroxylation is 4. The van der Waals surface area contributed by atoms with Crippen LogP contribution in [0, 0.1) is 20.8 Å². The Morgan fingerprint density at radius 3 is 2.21 bits per heavy atom. The van der Waals surface area contributed by atoms with Crippen LogP contribution in [0.4, 0.5) is 0 Å². The van der Waals surface area contributed by atoms with Gasteiger partial charge < -0.3 is 9.47 Å². The SMILES string of the molecule is COC(=O)CCc1ccc(OCc2cccc(-c3c(C)cc(C)cc3C)c2)cc1. The van der Waals surface area contributed by atoms with Crippen LogP contribution in [0.2, 0.25) is 0 Å². The van der Waals surface area contributed by atoms with Gasteiger partial charge in [0.1, 0.15) is 12.4 Å². The largest absolute Gasteiger partial charge is 0.489 e. The van der Waals surface area contributed by atoms with E-state index in [0.717, 1.165) is 16.9 Å². The van der Waals surface area contributed by atoms with Crippen molar-refractivity contribution in [2.75, 3.05) is 7.11 Å². The lowest BCUT2D eigenvalue weighted by Gasteiger charge is -2.13. The Hall–Kier alpha value is -3.07. The maximum atomic E-state index is 11.3. The zero-order chi connectivity index (χ0) is 20.8. The molecule has 0 aromatic heterocycles. The average Bonchev–Trinajstić information content (AvgIpc) is 2.71. The lowest BCUT2D eigenvalue weighted by Crippen LogP contribution is -2.02. The number of carbonyl (C=O) groups is 1. The van der Waals surface area contributed by atoms with Crippen LogP contribution < -0.4 is 4.74 Å². The van der Waals surface area contributed by atoms with E-state index in [1.165, 1.54) is 34.9 Å². The minimum Gasteiger partial charge on any atom is -0.489 e. The van der Waals surface area contributed by atoms with Crippen LogP contribution in [0.5, 0.6) is 5.75 Å². The highest BCUT2D eigenvalue weighted by Gasteiger charge is 2.08. The third-order valence-electron chi connectivity index (χ3n) is 5.07. The first-order chi connectivity index (χ1) is 14.0. The second-order valence-electron chi connectivity index (χ2n) is 7.48. The van der Waals surface area contributed by atoms with Crippen LogP contribution in [-0.2, 0) is 22.6 Å². The minimum atomic E-state index is -0.191. The van der Waals surface area contributed by atoms with Crippen molar-refractivity contribution < 1.29 is 14.3 Å². The fourth-order valence-electron chi connectivity index (χ4n) is 3.72. The van der Waals surface area contributed by atoms with Crippen LogP contribution in [0.1, 0.15) is 34.2 Å². The van der Waals surface area contributed by atoms with Gasteiger partial charge in [0.05, 0.1) is 7.11 Å². The van der Waals surface area contributed by atoms with Crippen LogP contribution in [-0.4, -0.2) is 13.1 Å². The molecule has 0 aliphatic rings. The molecular weight excluding hydrogens is 360 g/mol. The molecule has 0 bridgehead atoms. The van der Waals surface area contributed by atoms with Gasteiger partial charge in [-0.25, -0.2) is 0 Å². The molecule has 3 heteroatoms. The molecule has 0 N–H and O–H groups in total. The van der Waals surface area contributed by atoms with Gasteiger partial charge in [0.15, 0.2) is 0 Å². The number of ether oxygens (including phenoxy) is 2. The molecule has 3 nitrogen and oxygen atoms in total. The van der Waals surface area contributed by atoms with E-state index in [1.54, 1.807) is 0 Å². The van der Waals surface area contributed by atoms with E-state index >= 15 is 0 Å². The van der Waals surface area contributed by atoms with Gasteiger partial charge >= 0.3 is 5.97 Å². The quantitative estimate of drug-likeness (QED) is 0.468. The second-order valence-corrected chi connectivity index (χ2v) is 7.48. The Labute approximate surface area is 173 Å². The summed E-state index contributed by atoms with van der Waals surface area (Å²) in [7, 11) is 1.41. The molecule has 29 heavy (non-hydrogen) atoms. The van der Waals surface area contributed by atoms with Crippen molar-refractivity contribution in [1.82, 2.24) is 0 Å². The zero-order valence-corrected chi connectivity index (χ0v) is 17.6. The van der Waals surface area contributed by atoms with Gasteiger partial charge in [-0.3, -0.25) is 4.79 Å². The van der Waals surface area contributed by atoms with E-state index in [-0.39, 0.29) is 5.97 Å². The van der Waals surface area contributed by atoms with Crippen LogP contribution in [0.25, 0.3) is 11.1 Å². The van der Waals surface area contributed by atoms with Crippen molar-refractivity contribution in [1.29, 1.82) is 0 Å². The van der Waals surface area contributed by atoms with Gasteiger partial charge in [-0.15, -0.1) is 0 Å². The number of hydrogen-bond donors (Lipinski definition) is 0. The van der Waals surface area contributed by atoms with E-state index in [4.69, 9.17) is 4.74 Å². The second kappa shape index (κ2) is 9.42. The van der Waals surface area contributed by atoms with E-state index in [1.807, 2.05) is 24.3 Å². The van der Waals surface area contributed by atoms with Crippen LogP contribution >= 0.6 is 0 Å². The predicted octanol–water partition coefficient (Wildman–Crippen LogP) is 5.96. The standard InChI is InChI=1S/C26H28O3/c1-18-14-19(2)26(20(3)15-18)23-7-5-6-22(16-23)17-29-24-11-8-21(9-12-24)10-13-25(27)28-4/h5-9,11-12,14-16H,10,13,17H2,1-4H3. The maximum Gasteiger partial charge on any atom is 0.305 e. The number of methoxy groups -OCH3 is 1. The van der Waals surface area contributed by atoms with Gasteiger partial charge in [0.25, 0.3) is 0 Å². The normalized spacial score (nSPS) is 10.6. The minimum absolute atomic E-state index is 0.191. The van der Waals surface area contributed by atoms with Gasteiger partial charge in [-0.05, 0) is 78.8 Å². The number of esters is 1. The summed E-state index contributed by atoms with van der Waals surface area (Å²) in [6.07, 6.45) is 1.06. The lowest BCUT2D eigenvalue weighted by molar-refractivity contribution is -0.140. The Morgan fingerprint density at radius 1 is 0.862 bits per heavy atom. The molecule has 0 saturated heterocycles. The van der Waals surface area contributed by atoms with E-state index in [2.05, 4.69) is 61.9 Å². The molecule has 3 rings (SSSR count). The van der Waals surface area contributed by atoms with Crippen molar-refractivity contribution in [3.8, 4) is 16.9 Å². The van der Waals surface area contributed by atoms with Gasteiger partial charge in [0.2, 0.25) is 0 Å². The molecule has 0 aliphatic heterocycles. The Balaban J connectivity index is 1.66. The van der Waals surface area contributed by atoms with Gasteiger partial charge in [-0.2, -0.15) is 0 Å². The molecule has 0 fully saturated rings. The van der Waals surface area contributed by atoms with E-state index < -0.39 is 0 Å². The molecule has 0 saturated carbocycles. The van der Waals surface area contributed by atoms with Crippen LogP contribution in [0.15, 0.2) is 60.7 Å². The molecule has 0 aliphatic carbocycles. The summed E-state index contributed by atoms with van der Waals surface area (Å²) in [5.74, 6) is 0.629. The Kier molecular flexibility index (Phi) is 6.71. The molecule has 0 amide bonds. The van der Waals surface area contributed by atoms with Crippen molar-refractivity contribution in [3.63, 3.8) is 0 Å². The number of carbonyl (C=O) groups excluding carboxylic acids is 1. The Morgan fingerprint density at radius 2 is 1.55 bits per heavy atom. The fourth-order valence-corrected chi connectivity index (χ4v) is 3.72. The third kappa shape index (κ3) is 5.47. The topological polar surface area (TPSA) is 35.5 Å². The smallest absolute Gasteiger partial charge is 0.305 e. The summed E-state index contributed by atoms with van der Waals surface area (Å²) in [5.41, 5.74) is 8.63. The molecule has 0 spiro atoms. The molecule has 0 heterocycles. The van der Waals surface area contributed by atoms with E-state index in [0.29, 0.717) is 19.4 Å². The lowest BCUT2D eigenvalue weighted by atomic mass is 9.93. The summed E-state index contributed by atoms with van der Waals surface area (Å²) < 4.78 is 10.7. The highest BCUT2D eigenvalue weighted by Crippen LogP contribution is 2.29. The number of benzene rings is 3. The van der Waals surface area contributed by atoms with Crippen molar-refractivity contribution in [2.24, 2.45) is 0 Å². The molecule has 3 aromatic carbocycles. The average molecular weight is 389 g/mol. The van der Waals surface area contributed by atoms with Crippen LogP contribution in [0.3, 0.4) is 0 Å². The monoisotopic (exact) mass is 388 g/mol. The van der Waals surface area contributed by atoms with Crippen molar-refractivity contribution in [3.05, 3.63) is 88.5 Å². The van der Waals surface area contributed by atoms with Gasteiger partial charge in [0, 0.05) is 6.42 Å². The van der Waals surface area contributed by atoms with Crippen molar-refractivity contribution >= 4 is 5.97 Å². The van der Waals surface area contributed by atoms with Crippen molar-refractivity contribution in [2.45, 2.75) is 40.2 Å². The summed E-state index contributed by atoms with van der Waals surface area (Å²) >= 11 is 0. The molecule has 0 atom stereocenters. The Bertz CT molecular complexity index is 964. The molecule has 0 unspecified atom stereocenters. The summed E-state index contributed by atoms with van der Waals surface area (Å²) in [6, 6.07) is 20.9. The first-order valence-electron chi connectivity index (χ1n) is 9.92. The summed E-state index contributed by atoms with van der Waals surface area (Å²) in [6.45, 7) is 6.98. The third-order valence-corrected chi connectivity index (χ3v) is 5.07. The zero-order valence-electron chi connectivity index (χ0n) is 17.6. The highest BCUT2D eigenvalue weighted by molar-refractivity contribution is 5.72. The highest BCUT2D eigenvalue weighted by atomic mass is 16.5. The fraction of sp³-hybridized carbons (Fsp3) is 0.269. The summed E-state index contributed by atoms with van der Waals surface area (Å²) in [5, 5.41) is 0. The maximum absolute atomic E-state index is 11.3. The molecule has 150 valence electrons. The molecule has 0 radical (unpaired) electrons. The first-order valence-corrected chi connectivity index (χ1v) is 9.92. The first kappa shape index (κ1) is 20.7. The number of hydrogen-bond acceptors (Lipinski definition) is 3. The summed E-state index contributed by atoms with van der Waals surface area (Å²) in [4.78, 5) is 11.3. The number of rotatable bonds is 7. The van der Waals surface area contributed by atoms with Gasteiger partial charge in [-0.1, -0.05) is 48.0 Å². The van der Waals surface area contributed by atoms with E-state index in [9.17, 15) is 4.79 Å². The molecule has 3 aromatic rings. The molecular formula is C26H28O3.